The standard InChI is InChI=1S/C17H25N3O3Si/c1-13-8-6-7-9-14(13)15-16(17(21)22-2)19-20(18-15)12-23-10-11-24(3,4)5/h6-9H,10-12H2,1-5H3. The van der Waals surface area contributed by atoms with Gasteiger partial charge in [0.05, 0.1) is 7.11 Å². The van der Waals surface area contributed by atoms with E-state index in [2.05, 4.69) is 29.8 Å². The number of methoxy groups -OCH3 is 1. The van der Waals surface area contributed by atoms with Crippen molar-refractivity contribution < 1.29 is 14.3 Å². The maximum Gasteiger partial charge on any atom is 0.360 e. The largest absolute Gasteiger partial charge is 0.464 e. The normalized spacial score (nSPS) is 11.5. The zero-order valence-corrected chi connectivity index (χ0v) is 16.0. The third-order valence-corrected chi connectivity index (χ3v) is 5.34. The van der Waals surface area contributed by atoms with Crippen LogP contribution in [0.4, 0.5) is 0 Å². The third kappa shape index (κ3) is 4.75. The summed E-state index contributed by atoms with van der Waals surface area (Å²) in [6, 6.07) is 8.82. The summed E-state index contributed by atoms with van der Waals surface area (Å²) in [5.41, 5.74) is 2.62. The second-order valence-corrected chi connectivity index (χ2v) is 12.5. The molecule has 24 heavy (non-hydrogen) atoms. The molecule has 7 heteroatoms. The van der Waals surface area contributed by atoms with Crippen molar-refractivity contribution in [2.45, 2.75) is 39.3 Å². The van der Waals surface area contributed by atoms with Gasteiger partial charge in [-0.1, -0.05) is 43.9 Å². The Morgan fingerprint density at radius 2 is 1.92 bits per heavy atom. The number of aryl methyl sites for hydroxylation is 1. The lowest BCUT2D eigenvalue weighted by atomic mass is 10.0. The molecular formula is C17H25N3O3Si. The van der Waals surface area contributed by atoms with E-state index in [0.717, 1.165) is 17.2 Å². The van der Waals surface area contributed by atoms with Gasteiger partial charge in [0.15, 0.2) is 12.4 Å². The minimum Gasteiger partial charge on any atom is -0.464 e. The van der Waals surface area contributed by atoms with Gasteiger partial charge in [-0.25, -0.2) is 4.79 Å². The molecule has 2 rings (SSSR count). The van der Waals surface area contributed by atoms with E-state index in [1.807, 2.05) is 31.2 Å². The SMILES string of the molecule is COC(=O)c1nn(COCC[Si](C)(C)C)nc1-c1ccccc1C. The summed E-state index contributed by atoms with van der Waals surface area (Å²) >= 11 is 0. The number of ether oxygens (including phenoxy) is 2. The van der Waals surface area contributed by atoms with Crippen LogP contribution in [0.2, 0.25) is 25.7 Å². The fourth-order valence-corrected chi connectivity index (χ4v) is 2.94. The second-order valence-electron chi connectivity index (χ2n) is 6.92. The van der Waals surface area contributed by atoms with E-state index in [0.29, 0.717) is 12.3 Å². The molecule has 0 atom stereocenters. The minimum absolute atomic E-state index is 0.209. The van der Waals surface area contributed by atoms with Gasteiger partial charge in [-0.3, -0.25) is 0 Å². The number of hydrogen-bond acceptors (Lipinski definition) is 5. The summed E-state index contributed by atoms with van der Waals surface area (Å²) in [5, 5.41) is 8.69. The summed E-state index contributed by atoms with van der Waals surface area (Å²) in [6.45, 7) is 9.77. The molecule has 2 aromatic rings. The van der Waals surface area contributed by atoms with Crippen LogP contribution in [0.15, 0.2) is 24.3 Å². The summed E-state index contributed by atoms with van der Waals surface area (Å²) in [6.07, 6.45) is 0. The first-order chi connectivity index (χ1) is 11.3. The Labute approximate surface area is 143 Å². The van der Waals surface area contributed by atoms with Crippen LogP contribution >= 0.6 is 0 Å². The third-order valence-electron chi connectivity index (χ3n) is 3.64. The second kappa shape index (κ2) is 7.72. The lowest BCUT2D eigenvalue weighted by molar-refractivity contribution is 0.0575. The molecular weight excluding hydrogens is 322 g/mol. The fraction of sp³-hybridized carbons (Fsp3) is 0.471. The lowest BCUT2D eigenvalue weighted by Crippen LogP contribution is -2.22. The molecule has 1 heterocycles. The highest BCUT2D eigenvalue weighted by atomic mass is 28.3. The molecule has 0 bridgehead atoms. The highest BCUT2D eigenvalue weighted by Crippen LogP contribution is 2.24. The monoisotopic (exact) mass is 347 g/mol. The Bertz CT molecular complexity index is 707. The molecule has 0 N–H and O–H groups in total. The van der Waals surface area contributed by atoms with Crippen molar-refractivity contribution in [1.29, 1.82) is 0 Å². The Hall–Kier alpha value is -1.99. The number of rotatable bonds is 7. The molecule has 0 spiro atoms. The Kier molecular flexibility index (Phi) is 5.90. The molecule has 0 aliphatic carbocycles. The quantitative estimate of drug-likeness (QED) is 0.436. The van der Waals surface area contributed by atoms with Gasteiger partial charge in [0, 0.05) is 20.2 Å². The zero-order chi connectivity index (χ0) is 17.7. The number of esters is 1. The van der Waals surface area contributed by atoms with Crippen LogP contribution in [0.1, 0.15) is 16.1 Å². The molecule has 0 aliphatic rings. The van der Waals surface area contributed by atoms with Crippen molar-refractivity contribution in [3.63, 3.8) is 0 Å². The number of benzene rings is 1. The minimum atomic E-state index is -1.13. The average molecular weight is 347 g/mol. The molecule has 1 aromatic carbocycles. The van der Waals surface area contributed by atoms with Gasteiger partial charge < -0.3 is 9.47 Å². The van der Waals surface area contributed by atoms with E-state index in [9.17, 15) is 4.79 Å². The number of carbonyl (C=O) groups excluding carboxylic acids is 1. The smallest absolute Gasteiger partial charge is 0.360 e. The Morgan fingerprint density at radius 3 is 2.54 bits per heavy atom. The molecule has 0 aliphatic heterocycles. The topological polar surface area (TPSA) is 66.2 Å². The van der Waals surface area contributed by atoms with Crippen LogP contribution in [0.3, 0.4) is 0 Å². The average Bonchev–Trinajstić information content (AvgIpc) is 2.94. The predicted octanol–water partition coefficient (Wildman–Crippen LogP) is 3.35. The van der Waals surface area contributed by atoms with E-state index < -0.39 is 14.0 Å². The van der Waals surface area contributed by atoms with Crippen molar-refractivity contribution in [3.8, 4) is 11.3 Å². The van der Waals surface area contributed by atoms with E-state index >= 15 is 0 Å². The first-order valence-corrected chi connectivity index (χ1v) is 11.7. The van der Waals surface area contributed by atoms with Crippen LogP contribution < -0.4 is 0 Å². The first kappa shape index (κ1) is 18.3. The molecule has 1 aromatic heterocycles. The van der Waals surface area contributed by atoms with Crippen molar-refractivity contribution in [2.24, 2.45) is 0 Å². The number of nitrogens with zero attached hydrogens (tertiary/aromatic N) is 3. The van der Waals surface area contributed by atoms with E-state index in [4.69, 9.17) is 9.47 Å². The van der Waals surface area contributed by atoms with Crippen LogP contribution in [-0.4, -0.2) is 42.8 Å². The van der Waals surface area contributed by atoms with Crippen LogP contribution in [0, 0.1) is 6.92 Å². The molecule has 0 saturated heterocycles. The highest BCUT2D eigenvalue weighted by molar-refractivity contribution is 6.76. The van der Waals surface area contributed by atoms with Crippen LogP contribution in [-0.2, 0) is 16.2 Å². The van der Waals surface area contributed by atoms with Crippen LogP contribution in [0.25, 0.3) is 11.3 Å². The summed E-state index contributed by atoms with van der Waals surface area (Å²) < 4.78 is 10.5. The molecule has 130 valence electrons. The van der Waals surface area contributed by atoms with Gasteiger partial charge in [-0.2, -0.15) is 9.90 Å². The zero-order valence-electron chi connectivity index (χ0n) is 15.0. The van der Waals surface area contributed by atoms with Gasteiger partial charge in [0.2, 0.25) is 0 Å². The van der Waals surface area contributed by atoms with E-state index in [1.165, 1.54) is 11.9 Å². The van der Waals surface area contributed by atoms with Crippen LogP contribution in [0.5, 0.6) is 0 Å². The lowest BCUT2D eigenvalue weighted by Gasteiger charge is -2.14. The highest BCUT2D eigenvalue weighted by Gasteiger charge is 2.22. The molecule has 0 unspecified atom stereocenters. The number of aromatic nitrogens is 3. The van der Waals surface area contributed by atoms with Gasteiger partial charge in [0.1, 0.15) is 5.69 Å². The molecule has 0 saturated carbocycles. The van der Waals surface area contributed by atoms with E-state index in [1.54, 1.807) is 0 Å². The fourth-order valence-electron chi connectivity index (χ4n) is 2.18. The summed E-state index contributed by atoms with van der Waals surface area (Å²) in [5.74, 6) is -0.499. The molecule has 0 fully saturated rings. The number of hydrogen-bond donors (Lipinski definition) is 0. The maximum absolute atomic E-state index is 12.0. The van der Waals surface area contributed by atoms with Gasteiger partial charge in [0.25, 0.3) is 0 Å². The van der Waals surface area contributed by atoms with Crippen molar-refractivity contribution >= 4 is 14.0 Å². The number of carbonyl (C=O) groups is 1. The van der Waals surface area contributed by atoms with Gasteiger partial charge in [-0.15, -0.1) is 5.10 Å². The van der Waals surface area contributed by atoms with Crippen molar-refractivity contribution in [3.05, 3.63) is 35.5 Å². The Morgan fingerprint density at radius 1 is 1.21 bits per heavy atom. The van der Waals surface area contributed by atoms with Gasteiger partial charge in [-0.05, 0) is 18.5 Å². The van der Waals surface area contributed by atoms with Crippen molar-refractivity contribution in [2.75, 3.05) is 13.7 Å². The summed E-state index contributed by atoms with van der Waals surface area (Å²) in [7, 11) is 0.207. The Balaban J connectivity index is 2.20. The summed E-state index contributed by atoms with van der Waals surface area (Å²) in [4.78, 5) is 13.4. The maximum atomic E-state index is 12.0. The molecule has 6 nitrogen and oxygen atoms in total. The first-order valence-electron chi connectivity index (χ1n) is 7.99. The van der Waals surface area contributed by atoms with Gasteiger partial charge >= 0.3 is 5.97 Å². The molecule has 0 amide bonds. The van der Waals surface area contributed by atoms with Crippen molar-refractivity contribution in [1.82, 2.24) is 15.0 Å². The van der Waals surface area contributed by atoms with E-state index in [-0.39, 0.29) is 12.4 Å². The predicted molar refractivity (Wildman–Crippen MR) is 95.6 cm³/mol. The molecule has 0 radical (unpaired) electrons.